The average Bonchev–Trinajstić information content (AvgIpc) is 2.61. The van der Waals surface area contributed by atoms with Crippen LogP contribution in [0, 0.1) is 17.8 Å². The molecule has 0 heterocycles. The lowest BCUT2D eigenvalue weighted by Crippen LogP contribution is -2.36. The van der Waals surface area contributed by atoms with Crippen LogP contribution in [0.25, 0.3) is 0 Å². The Bertz CT molecular complexity index is 634. The minimum atomic E-state index is -4.39. The van der Waals surface area contributed by atoms with Gasteiger partial charge in [-0.15, -0.1) is 0 Å². The summed E-state index contributed by atoms with van der Waals surface area (Å²) < 4.78 is 37.7. The van der Waals surface area contributed by atoms with E-state index in [1.54, 1.807) is 0 Å². The Hall–Kier alpha value is -2.05. The predicted octanol–water partition coefficient (Wildman–Crippen LogP) is 4.61. The molecule has 0 unspecified atom stereocenters. The van der Waals surface area contributed by atoms with Crippen LogP contribution in [0.3, 0.4) is 0 Å². The fraction of sp³-hybridized carbons (Fsp3) is 0.600. The van der Waals surface area contributed by atoms with Crippen LogP contribution in [0.1, 0.15) is 51.5 Å². The van der Waals surface area contributed by atoms with Crippen LogP contribution in [0.4, 0.5) is 18.9 Å². The molecule has 7 heteroatoms. The van der Waals surface area contributed by atoms with Gasteiger partial charge >= 0.3 is 6.18 Å². The zero-order chi connectivity index (χ0) is 20.0. The third-order valence-corrected chi connectivity index (χ3v) is 4.97. The van der Waals surface area contributed by atoms with E-state index >= 15 is 0 Å². The first-order valence-corrected chi connectivity index (χ1v) is 9.42. The number of alkyl halides is 3. The molecule has 0 spiro atoms. The van der Waals surface area contributed by atoms with Crippen LogP contribution in [-0.4, -0.2) is 18.4 Å². The lowest BCUT2D eigenvalue weighted by molar-refractivity contribution is -0.137. The number of hydrogen-bond acceptors (Lipinski definition) is 2. The van der Waals surface area contributed by atoms with Gasteiger partial charge in [-0.2, -0.15) is 13.2 Å². The van der Waals surface area contributed by atoms with Crippen LogP contribution in [-0.2, 0) is 15.8 Å². The van der Waals surface area contributed by atoms with E-state index in [9.17, 15) is 22.8 Å². The molecule has 1 saturated carbocycles. The van der Waals surface area contributed by atoms with Crippen molar-refractivity contribution in [1.29, 1.82) is 0 Å². The molecule has 1 fully saturated rings. The predicted molar refractivity (Wildman–Crippen MR) is 98.0 cm³/mol. The van der Waals surface area contributed by atoms with Gasteiger partial charge in [0.2, 0.25) is 11.8 Å². The SMILES string of the molecule is CC(C)CCNC(=O)C1CCC(C(=O)Nc2ccc(C(F)(F)F)cc2)CC1. The highest BCUT2D eigenvalue weighted by molar-refractivity contribution is 5.92. The van der Waals surface area contributed by atoms with Crippen LogP contribution < -0.4 is 10.6 Å². The normalized spacial score (nSPS) is 20.4. The number of halogens is 3. The number of benzene rings is 1. The van der Waals surface area contributed by atoms with Gasteiger partial charge in [0.15, 0.2) is 0 Å². The van der Waals surface area contributed by atoms with Gasteiger partial charge in [-0.1, -0.05) is 13.8 Å². The van der Waals surface area contributed by atoms with Gasteiger partial charge in [0.25, 0.3) is 0 Å². The molecule has 27 heavy (non-hydrogen) atoms. The van der Waals surface area contributed by atoms with Gasteiger partial charge in [0, 0.05) is 24.1 Å². The molecule has 1 aliphatic rings. The summed E-state index contributed by atoms with van der Waals surface area (Å²) in [5.74, 6) is 0.111. The molecule has 0 radical (unpaired) electrons. The molecule has 4 nitrogen and oxygen atoms in total. The molecule has 0 saturated heterocycles. The summed E-state index contributed by atoms with van der Waals surface area (Å²) >= 11 is 0. The van der Waals surface area contributed by atoms with Crippen molar-refractivity contribution in [2.75, 3.05) is 11.9 Å². The average molecular weight is 384 g/mol. The summed E-state index contributed by atoms with van der Waals surface area (Å²) in [4.78, 5) is 24.5. The topological polar surface area (TPSA) is 58.2 Å². The fourth-order valence-corrected chi connectivity index (χ4v) is 3.23. The molecular formula is C20H27F3N2O2. The molecular weight excluding hydrogens is 357 g/mol. The zero-order valence-electron chi connectivity index (χ0n) is 15.7. The lowest BCUT2D eigenvalue weighted by atomic mass is 9.81. The van der Waals surface area contributed by atoms with E-state index < -0.39 is 11.7 Å². The highest BCUT2D eigenvalue weighted by Gasteiger charge is 2.31. The van der Waals surface area contributed by atoms with Crippen molar-refractivity contribution in [2.24, 2.45) is 17.8 Å². The standard InChI is InChI=1S/C20H27F3N2O2/c1-13(2)11-12-24-18(26)14-3-5-15(6-4-14)19(27)25-17-9-7-16(8-10-17)20(21,22)23/h7-10,13-15H,3-6,11-12H2,1-2H3,(H,24,26)(H,25,27). The summed E-state index contributed by atoms with van der Waals surface area (Å²) in [5, 5.41) is 5.63. The van der Waals surface area contributed by atoms with E-state index in [2.05, 4.69) is 24.5 Å². The Morgan fingerprint density at radius 3 is 2.00 bits per heavy atom. The maximum atomic E-state index is 12.6. The Kier molecular flexibility index (Phi) is 7.27. The quantitative estimate of drug-likeness (QED) is 0.752. The van der Waals surface area contributed by atoms with Crippen LogP contribution in [0.5, 0.6) is 0 Å². The maximum absolute atomic E-state index is 12.6. The van der Waals surface area contributed by atoms with Gasteiger partial charge in [0.05, 0.1) is 5.56 Å². The Morgan fingerprint density at radius 1 is 1.00 bits per heavy atom. The second-order valence-electron chi connectivity index (χ2n) is 7.59. The summed E-state index contributed by atoms with van der Waals surface area (Å²) in [6.07, 6.45) is -0.937. The minimum Gasteiger partial charge on any atom is -0.356 e. The van der Waals surface area contributed by atoms with E-state index in [4.69, 9.17) is 0 Å². The number of nitrogens with one attached hydrogen (secondary N) is 2. The number of carbonyl (C=O) groups is 2. The van der Waals surface area contributed by atoms with Crippen molar-refractivity contribution < 1.29 is 22.8 Å². The van der Waals surface area contributed by atoms with E-state index in [1.165, 1.54) is 12.1 Å². The molecule has 1 aliphatic carbocycles. The first kappa shape index (κ1) is 21.3. The molecule has 0 aliphatic heterocycles. The van der Waals surface area contributed by atoms with Crippen molar-refractivity contribution in [2.45, 2.75) is 52.1 Å². The number of amides is 2. The third-order valence-electron chi connectivity index (χ3n) is 4.97. The Balaban J connectivity index is 1.78. The van der Waals surface area contributed by atoms with E-state index in [0.717, 1.165) is 18.6 Å². The largest absolute Gasteiger partial charge is 0.416 e. The second-order valence-corrected chi connectivity index (χ2v) is 7.59. The molecule has 1 aromatic carbocycles. The smallest absolute Gasteiger partial charge is 0.356 e. The van der Waals surface area contributed by atoms with Crippen molar-refractivity contribution in [3.05, 3.63) is 29.8 Å². The highest BCUT2D eigenvalue weighted by Crippen LogP contribution is 2.31. The molecule has 0 aromatic heterocycles. The number of rotatable bonds is 6. The van der Waals surface area contributed by atoms with Crippen LogP contribution >= 0.6 is 0 Å². The highest BCUT2D eigenvalue weighted by atomic mass is 19.4. The molecule has 0 atom stereocenters. The van der Waals surface area contributed by atoms with E-state index in [0.29, 0.717) is 43.8 Å². The van der Waals surface area contributed by atoms with E-state index in [-0.39, 0.29) is 23.7 Å². The molecule has 0 bridgehead atoms. The molecule has 2 amide bonds. The van der Waals surface area contributed by atoms with Crippen LogP contribution in [0.15, 0.2) is 24.3 Å². The van der Waals surface area contributed by atoms with Gasteiger partial charge in [-0.25, -0.2) is 0 Å². The third kappa shape index (κ3) is 6.56. The summed E-state index contributed by atoms with van der Waals surface area (Å²) in [5.41, 5.74) is -0.397. The number of hydrogen-bond donors (Lipinski definition) is 2. The monoisotopic (exact) mass is 384 g/mol. The first-order chi connectivity index (χ1) is 12.7. The summed E-state index contributed by atoms with van der Waals surface area (Å²) in [7, 11) is 0. The zero-order valence-corrected chi connectivity index (χ0v) is 15.7. The first-order valence-electron chi connectivity index (χ1n) is 9.42. The van der Waals surface area contributed by atoms with Crippen molar-refractivity contribution in [1.82, 2.24) is 5.32 Å². The molecule has 1 aromatic rings. The maximum Gasteiger partial charge on any atom is 0.416 e. The van der Waals surface area contributed by atoms with Gasteiger partial charge in [0.1, 0.15) is 0 Å². The number of anilines is 1. The molecule has 2 N–H and O–H groups in total. The summed E-state index contributed by atoms with van der Waals surface area (Å²) in [6, 6.07) is 4.42. The van der Waals surface area contributed by atoms with Crippen LogP contribution in [0.2, 0.25) is 0 Å². The van der Waals surface area contributed by atoms with Gasteiger partial charge < -0.3 is 10.6 Å². The Morgan fingerprint density at radius 2 is 1.52 bits per heavy atom. The second kappa shape index (κ2) is 9.24. The fourth-order valence-electron chi connectivity index (χ4n) is 3.23. The Labute approximate surface area is 157 Å². The van der Waals surface area contributed by atoms with E-state index in [1.807, 2.05) is 0 Å². The molecule has 2 rings (SSSR count). The summed E-state index contributed by atoms with van der Waals surface area (Å²) in [6.45, 7) is 4.88. The van der Waals surface area contributed by atoms with Crippen molar-refractivity contribution >= 4 is 17.5 Å². The molecule has 150 valence electrons. The lowest BCUT2D eigenvalue weighted by Gasteiger charge is -2.27. The number of carbonyl (C=O) groups excluding carboxylic acids is 2. The van der Waals surface area contributed by atoms with Gasteiger partial charge in [-0.05, 0) is 62.3 Å². The van der Waals surface area contributed by atoms with Crippen molar-refractivity contribution in [3.8, 4) is 0 Å². The minimum absolute atomic E-state index is 0.0530. The van der Waals surface area contributed by atoms with Gasteiger partial charge in [-0.3, -0.25) is 9.59 Å². The van der Waals surface area contributed by atoms with Crippen molar-refractivity contribution in [3.63, 3.8) is 0 Å².